The van der Waals surface area contributed by atoms with Gasteiger partial charge in [0.15, 0.2) is 0 Å². The second-order valence-electron chi connectivity index (χ2n) is 7.88. The topological polar surface area (TPSA) is 92.8 Å². The van der Waals surface area contributed by atoms with Crippen molar-refractivity contribution >= 4 is 11.6 Å². The van der Waals surface area contributed by atoms with Crippen molar-refractivity contribution in [3.8, 4) is 17.0 Å². The number of aromatic nitrogens is 4. The Hall–Kier alpha value is -4.00. The fourth-order valence-corrected chi connectivity index (χ4v) is 3.36. The molecule has 4 rings (SSSR count). The molecular weight excluding hydrogens is 426 g/mol. The fourth-order valence-electron chi connectivity index (χ4n) is 3.36. The minimum absolute atomic E-state index is 0.0966. The smallest absolute Gasteiger partial charge is 0.228 e. The Kier molecular flexibility index (Phi) is 9.34. The third kappa shape index (κ3) is 7.27. The maximum Gasteiger partial charge on any atom is 0.228 e. The van der Waals surface area contributed by atoms with Gasteiger partial charge in [0, 0.05) is 30.1 Å². The number of rotatable bonds is 8. The maximum absolute atomic E-state index is 12.2. The summed E-state index contributed by atoms with van der Waals surface area (Å²) in [5, 5.41) is 2.93. The Bertz CT molecular complexity index is 1160. The van der Waals surface area contributed by atoms with Gasteiger partial charge in [0.25, 0.3) is 0 Å². The lowest BCUT2D eigenvalue weighted by atomic mass is 10.1. The van der Waals surface area contributed by atoms with Crippen LogP contribution in [0.25, 0.3) is 11.3 Å². The van der Waals surface area contributed by atoms with Gasteiger partial charge in [0.05, 0.1) is 31.2 Å². The van der Waals surface area contributed by atoms with Crippen molar-refractivity contribution in [2.75, 3.05) is 11.9 Å². The molecule has 7 heteroatoms. The van der Waals surface area contributed by atoms with Crippen molar-refractivity contribution in [2.24, 2.45) is 0 Å². The SMILES string of the molecule is CCC.Cc1cc(NC(=O)Cc2cncnc2)ccc1CCOc1ccccc1-c1cnc[nH]1. The van der Waals surface area contributed by atoms with Crippen LogP contribution in [0.3, 0.4) is 0 Å². The summed E-state index contributed by atoms with van der Waals surface area (Å²) in [5.41, 5.74) is 5.74. The molecule has 0 aliphatic carbocycles. The van der Waals surface area contributed by atoms with E-state index in [1.807, 2.05) is 49.4 Å². The summed E-state index contributed by atoms with van der Waals surface area (Å²) in [5.74, 6) is 0.721. The van der Waals surface area contributed by atoms with Gasteiger partial charge in [-0.3, -0.25) is 4.79 Å². The molecule has 2 heterocycles. The molecule has 0 unspecified atom stereocenters. The van der Waals surface area contributed by atoms with Crippen LogP contribution in [0.1, 0.15) is 37.0 Å². The Labute approximate surface area is 200 Å². The van der Waals surface area contributed by atoms with Crippen LogP contribution in [0.5, 0.6) is 5.75 Å². The molecular formula is C27H31N5O2. The van der Waals surface area contributed by atoms with Crippen LogP contribution in [-0.2, 0) is 17.6 Å². The molecule has 0 spiro atoms. The summed E-state index contributed by atoms with van der Waals surface area (Å²) < 4.78 is 6.05. The number of anilines is 1. The van der Waals surface area contributed by atoms with Crippen molar-refractivity contribution < 1.29 is 9.53 Å². The number of ether oxygens (including phenoxy) is 1. The summed E-state index contributed by atoms with van der Waals surface area (Å²) in [6.07, 6.45) is 10.4. The van der Waals surface area contributed by atoms with Crippen molar-refractivity contribution in [3.63, 3.8) is 0 Å². The number of carbonyl (C=O) groups is 1. The first-order valence-electron chi connectivity index (χ1n) is 11.4. The first-order valence-corrected chi connectivity index (χ1v) is 11.4. The number of carbonyl (C=O) groups excluding carboxylic acids is 1. The van der Waals surface area contributed by atoms with Crippen LogP contribution >= 0.6 is 0 Å². The molecule has 7 nitrogen and oxygen atoms in total. The van der Waals surface area contributed by atoms with E-state index in [0.717, 1.165) is 40.2 Å². The molecule has 2 aromatic carbocycles. The third-order valence-electron chi connectivity index (χ3n) is 4.91. The molecule has 0 saturated heterocycles. The zero-order valence-electron chi connectivity index (χ0n) is 19.9. The molecule has 0 saturated carbocycles. The maximum atomic E-state index is 12.2. The summed E-state index contributed by atoms with van der Waals surface area (Å²) in [6.45, 7) is 6.83. The van der Waals surface area contributed by atoms with E-state index >= 15 is 0 Å². The Morgan fingerprint density at radius 1 is 1.03 bits per heavy atom. The Morgan fingerprint density at radius 3 is 2.50 bits per heavy atom. The lowest BCUT2D eigenvalue weighted by molar-refractivity contribution is -0.115. The number of nitrogens with zero attached hydrogens (tertiary/aromatic N) is 3. The molecule has 0 atom stereocenters. The number of hydrogen-bond donors (Lipinski definition) is 2. The number of amides is 1. The third-order valence-corrected chi connectivity index (χ3v) is 4.91. The Balaban J connectivity index is 0.00000103. The van der Waals surface area contributed by atoms with Gasteiger partial charge in [0.1, 0.15) is 12.1 Å². The first kappa shape index (κ1) is 24.6. The van der Waals surface area contributed by atoms with E-state index in [9.17, 15) is 4.79 Å². The van der Waals surface area contributed by atoms with Crippen molar-refractivity contribution in [1.82, 2.24) is 19.9 Å². The van der Waals surface area contributed by atoms with Crippen LogP contribution in [0.4, 0.5) is 5.69 Å². The second-order valence-corrected chi connectivity index (χ2v) is 7.88. The van der Waals surface area contributed by atoms with Crippen LogP contribution in [0.2, 0.25) is 0 Å². The lowest BCUT2D eigenvalue weighted by Gasteiger charge is -2.13. The molecule has 0 aliphatic rings. The lowest BCUT2D eigenvalue weighted by Crippen LogP contribution is -2.15. The van der Waals surface area contributed by atoms with Crippen molar-refractivity contribution in [1.29, 1.82) is 0 Å². The number of hydrogen-bond acceptors (Lipinski definition) is 5. The quantitative estimate of drug-likeness (QED) is 0.370. The summed E-state index contributed by atoms with van der Waals surface area (Å²) in [7, 11) is 0. The molecule has 0 radical (unpaired) electrons. The molecule has 0 bridgehead atoms. The van der Waals surface area contributed by atoms with Gasteiger partial charge >= 0.3 is 0 Å². The molecule has 34 heavy (non-hydrogen) atoms. The molecule has 2 aromatic heterocycles. The first-order chi connectivity index (χ1) is 16.6. The van der Waals surface area contributed by atoms with Crippen LogP contribution in [0, 0.1) is 6.92 Å². The standard InChI is InChI=1S/C24H23N5O2.C3H8/c1-17-10-20(29-24(30)11-18-12-25-15-26-13-18)7-6-19(17)8-9-31-23-5-3-2-4-21(23)22-14-27-16-28-22;1-3-2/h2-7,10,12-16H,8-9,11H2,1H3,(H,27,28)(H,29,30);3H2,1-2H3. The van der Waals surface area contributed by atoms with Gasteiger partial charge in [-0.1, -0.05) is 38.5 Å². The number of imidazole rings is 1. The molecule has 0 aliphatic heterocycles. The number of aryl methyl sites for hydroxylation is 1. The predicted octanol–water partition coefficient (Wildman–Crippen LogP) is 5.39. The highest BCUT2D eigenvalue weighted by atomic mass is 16.5. The van der Waals surface area contributed by atoms with Gasteiger partial charge in [-0.2, -0.15) is 0 Å². The van der Waals surface area contributed by atoms with Crippen molar-refractivity contribution in [3.05, 3.63) is 90.4 Å². The van der Waals surface area contributed by atoms with Crippen LogP contribution in [0.15, 0.2) is 73.7 Å². The highest BCUT2D eigenvalue weighted by molar-refractivity contribution is 5.92. The van der Waals surface area contributed by atoms with E-state index in [-0.39, 0.29) is 12.3 Å². The average Bonchev–Trinajstić information content (AvgIpc) is 3.37. The van der Waals surface area contributed by atoms with Gasteiger partial charge in [-0.15, -0.1) is 0 Å². The fraction of sp³-hybridized carbons (Fsp3) is 0.259. The molecule has 4 aromatic rings. The van der Waals surface area contributed by atoms with E-state index in [1.165, 1.54) is 18.3 Å². The molecule has 176 valence electrons. The predicted molar refractivity (Wildman–Crippen MR) is 135 cm³/mol. The zero-order chi connectivity index (χ0) is 24.2. The van der Waals surface area contributed by atoms with E-state index < -0.39 is 0 Å². The van der Waals surface area contributed by atoms with E-state index in [4.69, 9.17) is 4.74 Å². The summed E-state index contributed by atoms with van der Waals surface area (Å²) in [4.78, 5) is 27.3. The van der Waals surface area contributed by atoms with Gasteiger partial charge in [-0.25, -0.2) is 15.0 Å². The average molecular weight is 458 g/mol. The second kappa shape index (κ2) is 12.9. The van der Waals surface area contributed by atoms with Crippen LogP contribution in [-0.4, -0.2) is 32.4 Å². The summed E-state index contributed by atoms with van der Waals surface area (Å²) in [6, 6.07) is 13.8. The van der Waals surface area contributed by atoms with Crippen molar-refractivity contribution in [2.45, 2.75) is 40.0 Å². The molecule has 0 fully saturated rings. The van der Waals surface area contributed by atoms with E-state index in [0.29, 0.717) is 6.61 Å². The highest BCUT2D eigenvalue weighted by Crippen LogP contribution is 2.28. The molecule has 2 N–H and O–H groups in total. The number of nitrogens with one attached hydrogen (secondary N) is 2. The number of H-pyrrole nitrogens is 1. The van der Waals surface area contributed by atoms with Gasteiger partial charge in [0.2, 0.25) is 5.91 Å². The van der Waals surface area contributed by atoms with E-state index in [2.05, 4.69) is 39.1 Å². The molecule has 1 amide bonds. The number of benzene rings is 2. The zero-order valence-corrected chi connectivity index (χ0v) is 19.9. The normalized spacial score (nSPS) is 10.2. The largest absolute Gasteiger partial charge is 0.493 e. The number of aromatic amines is 1. The van der Waals surface area contributed by atoms with Gasteiger partial charge in [-0.05, 0) is 47.9 Å². The van der Waals surface area contributed by atoms with E-state index in [1.54, 1.807) is 24.9 Å². The monoisotopic (exact) mass is 457 g/mol. The number of para-hydroxylation sites is 1. The Morgan fingerprint density at radius 2 is 1.79 bits per heavy atom. The van der Waals surface area contributed by atoms with Gasteiger partial charge < -0.3 is 15.0 Å². The van der Waals surface area contributed by atoms with Crippen LogP contribution < -0.4 is 10.1 Å². The minimum atomic E-state index is -0.0966. The summed E-state index contributed by atoms with van der Waals surface area (Å²) >= 11 is 0. The minimum Gasteiger partial charge on any atom is -0.493 e. The highest BCUT2D eigenvalue weighted by Gasteiger charge is 2.09.